The Kier molecular flexibility index (Phi) is 2.47. The molecule has 0 unspecified atom stereocenters. The van der Waals surface area contributed by atoms with Gasteiger partial charge >= 0.3 is 5.97 Å². The molecule has 0 aromatic carbocycles. The van der Waals surface area contributed by atoms with E-state index < -0.39 is 5.97 Å². The van der Waals surface area contributed by atoms with E-state index in [1.165, 1.54) is 0 Å². The smallest absolute Gasteiger partial charge is 0.339 e. The Hall–Kier alpha value is -1.32. The molecular weight excluding hydrogens is 156 g/mol. The standard InChI is InChI=1S/C8H12N2O2/c1-3-4-6-7(8(11)12)5(2)9-10-6/h3-4H2,1-2H3,(H,9,10)(H,11,12). The summed E-state index contributed by atoms with van der Waals surface area (Å²) in [4.78, 5) is 10.7. The van der Waals surface area contributed by atoms with Crippen LogP contribution in [0.4, 0.5) is 0 Å². The Morgan fingerprint density at radius 2 is 2.33 bits per heavy atom. The molecule has 1 rings (SSSR count). The van der Waals surface area contributed by atoms with Crippen molar-refractivity contribution in [3.63, 3.8) is 0 Å². The maximum absolute atomic E-state index is 10.7. The van der Waals surface area contributed by atoms with Gasteiger partial charge < -0.3 is 5.11 Å². The maximum Gasteiger partial charge on any atom is 0.339 e. The third-order valence-electron chi connectivity index (χ3n) is 1.72. The molecule has 66 valence electrons. The SMILES string of the molecule is CCCc1n[nH]c(C)c1C(=O)O. The second-order valence-corrected chi connectivity index (χ2v) is 2.73. The highest BCUT2D eigenvalue weighted by molar-refractivity contribution is 5.90. The number of aryl methyl sites for hydroxylation is 2. The van der Waals surface area contributed by atoms with Crippen LogP contribution >= 0.6 is 0 Å². The molecule has 0 amide bonds. The number of nitrogens with zero attached hydrogens (tertiary/aromatic N) is 1. The number of hydrogen-bond acceptors (Lipinski definition) is 2. The molecule has 0 spiro atoms. The molecule has 0 saturated carbocycles. The van der Waals surface area contributed by atoms with Gasteiger partial charge in [0.25, 0.3) is 0 Å². The molecule has 1 aromatic rings. The summed E-state index contributed by atoms with van der Waals surface area (Å²) < 4.78 is 0. The lowest BCUT2D eigenvalue weighted by Crippen LogP contribution is -2.01. The van der Waals surface area contributed by atoms with Gasteiger partial charge in [-0.25, -0.2) is 4.79 Å². The number of rotatable bonds is 3. The van der Waals surface area contributed by atoms with Gasteiger partial charge in [0.2, 0.25) is 0 Å². The number of carboxylic acid groups (broad SMARTS) is 1. The monoisotopic (exact) mass is 168 g/mol. The number of aromatic amines is 1. The molecule has 4 heteroatoms. The predicted molar refractivity (Wildman–Crippen MR) is 44.3 cm³/mol. The van der Waals surface area contributed by atoms with E-state index in [0.29, 0.717) is 23.4 Å². The lowest BCUT2D eigenvalue weighted by atomic mass is 10.1. The second kappa shape index (κ2) is 3.38. The van der Waals surface area contributed by atoms with Crippen molar-refractivity contribution in [2.75, 3.05) is 0 Å². The molecule has 0 fully saturated rings. The molecule has 0 aliphatic heterocycles. The number of hydrogen-bond donors (Lipinski definition) is 2. The molecule has 0 radical (unpaired) electrons. The maximum atomic E-state index is 10.7. The predicted octanol–water partition coefficient (Wildman–Crippen LogP) is 1.37. The molecule has 12 heavy (non-hydrogen) atoms. The number of carboxylic acids is 1. The van der Waals surface area contributed by atoms with Crippen LogP contribution in [0.2, 0.25) is 0 Å². The first-order valence-electron chi connectivity index (χ1n) is 3.94. The Morgan fingerprint density at radius 1 is 1.67 bits per heavy atom. The lowest BCUT2D eigenvalue weighted by molar-refractivity contribution is 0.0695. The van der Waals surface area contributed by atoms with Crippen molar-refractivity contribution in [2.45, 2.75) is 26.7 Å². The highest BCUT2D eigenvalue weighted by atomic mass is 16.4. The average molecular weight is 168 g/mol. The zero-order valence-electron chi connectivity index (χ0n) is 7.22. The fourth-order valence-electron chi connectivity index (χ4n) is 1.18. The van der Waals surface area contributed by atoms with Gasteiger partial charge in [0, 0.05) is 5.69 Å². The van der Waals surface area contributed by atoms with Gasteiger partial charge in [-0.15, -0.1) is 0 Å². The van der Waals surface area contributed by atoms with Crippen LogP contribution in [0.15, 0.2) is 0 Å². The molecule has 2 N–H and O–H groups in total. The van der Waals surface area contributed by atoms with Crippen LogP contribution in [0.25, 0.3) is 0 Å². The average Bonchev–Trinajstić information content (AvgIpc) is 2.32. The van der Waals surface area contributed by atoms with Crippen molar-refractivity contribution in [2.24, 2.45) is 0 Å². The lowest BCUT2D eigenvalue weighted by Gasteiger charge is -1.94. The van der Waals surface area contributed by atoms with Crippen LogP contribution < -0.4 is 0 Å². The zero-order chi connectivity index (χ0) is 9.14. The van der Waals surface area contributed by atoms with E-state index in [1.807, 2.05) is 6.92 Å². The number of carbonyl (C=O) groups is 1. The minimum Gasteiger partial charge on any atom is -0.478 e. The van der Waals surface area contributed by atoms with Gasteiger partial charge in [-0.05, 0) is 13.3 Å². The minimum absolute atomic E-state index is 0.330. The Morgan fingerprint density at radius 3 is 2.83 bits per heavy atom. The highest BCUT2D eigenvalue weighted by Gasteiger charge is 2.15. The molecule has 0 aliphatic rings. The third kappa shape index (κ3) is 1.47. The Balaban J connectivity index is 3.04. The Bertz CT molecular complexity index is 291. The van der Waals surface area contributed by atoms with Crippen molar-refractivity contribution in [1.29, 1.82) is 0 Å². The Labute approximate surface area is 70.6 Å². The molecule has 0 atom stereocenters. The fourth-order valence-corrected chi connectivity index (χ4v) is 1.18. The normalized spacial score (nSPS) is 10.2. The van der Waals surface area contributed by atoms with Crippen LogP contribution in [-0.4, -0.2) is 21.3 Å². The summed E-state index contributed by atoms with van der Waals surface area (Å²) in [7, 11) is 0. The van der Waals surface area contributed by atoms with Crippen LogP contribution in [-0.2, 0) is 6.42 Å². The van der Waals surface area contributed by atoms with E-state index in [4.69, 9.17) is 5.11 Å². The summed E-state index contributed by atoms with van der Waals surface area (Å²) in [6.45, 7) is 3.71. The third-order valence-corrected chi connectivity index (χ3v) is 1.72. The van der Waals surface area contributed by atoms with E-state index in [-0.39, 0.29) is 0 Å². The van der Waals surface area contributed by atoms with E-state index >= 15 is 0 Å². The molecule has 1 aromatic heterocycles. The summed E-state index contributed by atoms with van der Waals surface area (Å²) in [6, 6.07) is 0. The van der Waals surface area contributed by atoms with Crippen molar-refractivity contribution in [3.05, 3.63) is 17.0 Å². The molecule has 4 nitrogen and oxygen atoms in total. The van der Waals surface area contributed by atoms with Crippen molar-refractivity contribution >= 4 is 5.97 Å². The van der Waals surface area contributed by atoms with Crippen LogP contribution in [0.3, 0.4) is 0 Å². The van der Waals surface area contributed by atoms with Crippen LogP contribution in [0.1, 0.15) is 35.1 Å². The first kappa shape index (κ1) is 8.77. The van der Waals surface area contributed by atoms with Gasteiger partial charge in [-0.2, -0.15) is 5.10 Å². The van der Waals surface area contributed by atoms with Gasteiger partial charge in [0.05, 0.1) is 5.69 Å². The van der Waals surface area contributed by atoms with Crippen LogP contribution in [0.5, 0.6) is 0 Å². The largest absolute Gasteiger partial charge is 0.478 e. The number of H-pyrrole nitrogens is 1. The second-order valence-electron chi connectivity index (χ2n) is 2.73. The van der Waals surface area contributed by atoms with E-state index in [0.717, 1.165) is 6.42 Å². The minimum atomic E-state index is -0.898. The van der Waals surface area contributed by atoms with Crippen molar-refractivity contribution in [3.8, 4) is 0 Å². The van der Waals surface area contributed by atoms with Crippen LogP contribution in [0, 0.1) is 6.92 Å². The summed E-state index contributed by atoms with van der Waals surface area (Å²) in [5, 5.41) is 15.4. The van der Waals surface area contributed by atoms with Gasteiger partial charge in [-0.3, -0.25) is 5.10 Å². The quantitative estimate of drug-likeness (QED) is 0.716. The summed E-state index contributed by atoms with van der Waals surface area (Å²) in [6.07, 6.45) is 1.62. The zero-order valence-corrected chi connectivity index (χ0v) is 7.22. The molecule has 1 heterocycles. The molecule has 0 bridgehead atoms. The summed E-state index contributed by atoms with van der Waals surface area (Å²) in [5.74, 6) is -0.898. The summed E-state index contributed by atoms with van der Waals surface area (Å²) in [5.41, 5.74) is 1.62. The first-order valence-corrected chi connectivity index (χ1v) is 3.94. The van der Waals surface area contributed by atoms with E-state index in [9.17, 15) is 4.79 Å². The van der Waals surface area contributed by atoms with E-state index in [2.05, 4.69) is 10.2 Å². The number of aromatic carboxylic acids is 1. The molecule has 0 aliphatic carbocycles. The summed E-state index contributed by atoms with van der Waals surface area (Å²) >= 11 is 0. The van der Waals surface area contributed by atoms with Gasteiger partial charge in [0.1, 0.15) is 5.56 Å². The van der Waals surface area contributed by atoms with Gasteiger partial charge in [-0.1, -0.05) is 13.3 Å². The van der Waals surface area contributed by atoms with Crippen molar-refractivity contribution in [1.82, 2.24) is 10.2 Å². The van der Waals surface area contributed by atoms with Gasteiger partial charge in [0.15, 0.2) is 0 Å². The molecular formula is C8H12N2O2. The number of nitrogens with one attached hydrogen (secondary N) is 1. The first-order chi connectivity index (χ1) is 5.66. The van der Waals surface area contributed by atoms with E-state index in [1.54, 1.807) is 6.92 Å². The molecule has 0 saturated heterocycles. The van der Waals surface area contributed by atoms with Crippen molar-refractivity contribution < 1.29 is 9.90 Å². The number of aromatic nitrogens is 2. The fraction of sp³-hybridized carbons (Fsp3) is 0.500. The highest BCUT2D eigenvalue weighted by Crippen LogP contribution is 2.11. The topological polar surface area (TPSA) is 66.0 Å².